The Labute approximate surface area is 106 Å². The Kier molecular flexibility index (Phi) is 3.49. The average molecular weight is 248 g/mol. The number of benzene rings is 1. The highest BCUT2D eigenvalue weighted by Gasteiger charge is 2.10. The van der Waals surface area contributed by atoms with E-state index in [1.165, 1.54) is 0 Å². The molecule has 1 atom stereocenters. The van der Waals surface area contributed by atoms with Crippen LogP contribution in [-0.2, 0) is 0 Å². The molecular formula is C13H14ClN3. The number of aromatic nitrogens is 1. The van der Waals surface area contributed by atoms with Crippen LogP contribution in [0.2, 0.25) is 5.02 Å². The fourth-order valence-electron chi connectivity index (χ4n) is 1.68. The molecule has 2 aromatic rings. The van der Waals surface area contributed by atoms with Crippen molar-refractivity contribution in [2.45, 2.75) is 13.0 Å². The second kappa shape index (κ2) is 5.06. The topological polar surface area (TPSA) is 50.9 Å². The summed E-state index contributed by atoms with van der Waals surface area (Å²) in [5, 5.41) is 4.04. The molecule has 0 aliphatic carbocycles. The van der Waals surface area contributed by atoms with Gasteiger partial charge in [0.05, 0.1) is 11.7 Å². The van der Waals surface area contributed by atoms with Crippen LogP contribution >= 0.6 is 11.6 Å². The summed E-state index contributed by atoms with van der Waals surface area (Å²) < 4.78 is 0. The summed E-state index contributed by atoms with van der Waals surface area (Å²) >= 11 is 6.14. The van der Waals surface area contributed by atoms with Gasteiger partial charge in [0.2, 0.25) is 0 Å². The molecular weight excluding hydrogens is 234 g/mol. The van der Waals surface area contributed by atoms with Gasteiger partial charge in [0, 0.05) is 11.2 Å². The molecule has 0 radical (unpaired) electrons. The second-order valence-corrected chi connectivity index (χ2v) is 4.23. The Bertz CT molecular complexity index is 514. The molecule has 88 valence electrons. The maximum Gasteiger partial charge on any atom is 0.146 e. The van der Waals surface area contributed by atoms with Crippen LogP contribution in [0.15, 0.2) is 42.6 Å². The number of nitrogens with one attached hydrogen (secondary N) is 1. The van der Waals surface area contributed by atoms with Gasteiger partial charge in [0.15, 0.2) is 0 Å². The SMILES string of the molecule is CC(Nc1cccnc1N)c1ccccc1Cl. The fraction of sp³-hybridized carbons (Fsp3) is 0.154. The van der Waals surface area contributed by atoms with Crippen LogP contribution in [0.3, 0.4) is 0 Å². The van der Waals surface area contributed by atoms with Crippen LogP contribution in [0.5, 0.6) is 0 Å². The number of anilines is 2. The lowest BCUT2D eigenvalue weighted by atomic mass is 10.1. The van der Waals surface area contributed by atoms with E-state index in [1.54, 1.807) is 6.20 Å². The smallest absolute Gasteiger partial charge is 0.146 e. The van der Waals surface area contributed by atoms with E-state index in [4.69, 9.17) is 17.3 Å². The molecule has 4 heteroatoms. The van der Waals surface area contributed by atoms with E-state index < -0.39 is 0 Å². The number of rotatable bonds is 3. The lowest BCUT2D eigenvalue weighted by Crippen LogP contribution is -2.09. The van der Waals surface area contributed by atoms with Gasteiger partial charge in [0.25, 0.3) is 0 Å². The van der Waals surface area contributed by atoms with E-state index in [9.17, 15) is 0 Å². The minimum absolute atomic E-state index is 0.0789. The third kappa shape index (κ3) is 2.68. The van der Waals surface area contributed by atoms with Gasteiger partial charge in [-0.1, -0.05) is 29.8 Å². The van der Waals surface area contributed by atoms with Crippen molar-refractivity contribution in [3.05, 3.63) is 53.2 Å². The van der Waals surface area contributed by atoms with Gasteiger partial charge >= 0.3 is 0 Å². The van der Waals surface area contributed by atoms with Gasteiger partial charge in [-0.2, -0.15) is 0 Å². The molecule has 1 aromatic heterocycles. The van der Waals surface area contributed by atoms with E-state index in [0.717, 1.165) is 16.3 Å². The van der Waals surface area contributed by atoms with E-state index in [0.29, 0.717) is 5.82 Å². The van der Waals surface area contributed by atoms with Crippen LogP contribution in [0.4, 0.5) is 11.5 Å². The van der Waals surface area contributed by atoms with Crippen LogP contribution in [0.25, 0.3) is 0 Å². The summed E-state index contributed by atoms with van der Waals surface area (Å²) in [7, 11) is 0. The van der Waals surface area contributed by atoms with Crippen molar-refractivity contribution in [2.24, 2.45) is 0 Å². The Hall–Kier alpha value is -1.74. The summed E-state index contributed by atoms with van der Waals surface area (Å²) in [6.45, 7) is 2.04. The van der Waals surface area contributed by atoms with Crippen molar-refractivity contribution >= 4 is 23.1 Å². The number of halogens is 1. The van der Waals surface area contributed by atoms with Crippen LogP contribution < -0.4 is 11.1 Å². The highest BCUT2D eigenvalue weighted by molar-refractivity contribution is 6.31. The van der Waals surface area contributed by atoms with Gasteiger partial charge in [-0.3, -0.25) is 0 Å². The summed E-state index contributed by atoms with van der Waals surface area (Å²) in [6.07, 6.45) is 1.67. The third-order valence-electron chi connectivity index (χ3n) is 2.58. The monoisotopic (exact) mass is 247 g/mol. The number of nitrogen functional groups attached to an aromatic ring is 1. The molecule has 0 bridgehead atoms. The van der Waals surface area contributed by atoms with Crippen LogP contribution in [-0.4, -0.2) is 4.98 Å². The van der Waals surface area contributed by atoms with Crippen molar-refractivity contribution in [2.75, 3.05) is 11.1 Å². The Balaban J connectivity index is 2.20. The summed E-state index contributed by atoms with van der Waals surface area (Å²) in [4.78, 5) is 4.03. The van der Waals surface area contributed by atoms with Gasteiger partial charge in [-0.25, -0.2) is 4.98 Å². The van der Waals surface area contributed by atoms with E-state index >= 15 is 0 Å². The first kappa shape index (κ1) is 11.7. The molecule has 0 amide bonds. The summed E-state index contributed by atoms with van der Waals surface area (Å²) in [5.74, 6) is 0.492. The zero-order chi connectivity index (χ0) is 12.3. The minimum Gasteiger partial charge on any atom is -0.382 e. The minimum atomic E-state index is 0.0789. The van der Waals surface area contributed by atoms with Crippen molar-refractivity contribution in [3.8, 4) is 0 Å². The number of hydrogen-bond donors (Lipinski definition) is 2. The summed E-state index contributed by atoms with van der Waals surface area (Å²) in [6, 6.07) is 11.6. The van der Waals surface area contributed by atoms with Crippen molar-refractivity contribution in [3.63, 3.8) is 0 Å². The third-order valence-corrected chi connectivity index (χ3v) is 2.93. The van der Waals surface area contributed by atoms with Gasteiger partial charge in [-0.15, -0.1) is 0 Å². The van der Waals surface area contributed by atoms with E-state index in [2.05, 4.69) is 10.3 Å². The lowest BCUT2D eigenvalue weighted by molar-refractivity contribution is 0.884. The fourth-order valence-corrected chi connectivity index (χ4v) is 1.98. The molecule has 0 fully saturated rings. The number of nitrogens with two attached hydrogens (primary N) is 1. The molecule has 1 unspecified atom stereocenters. The van der Waals surface area contributed by atoms with E-state index in [1.807, 2.05) is 43.3 Å². The first-order chi connectivity index (χ1) is 8.18. The maximum absolute atomic E-state index is 6.14. The molecule has 1 aromatic carbocycles. The number of pyridine rings is 1. The molecule has 0 aliphatic rings. The zero-order valence-electron chi connectivity index (χ0n) is 9.52. The molecule has 2 rings (SSSR count). The Morgan fingerprint density at radius 1 is 1.24 bits per heavy atom. The summed E-state index contributed by atoms with van der Waals surface area (Å²) in [5.41, 5.74) is 7.64. The number of nitrogens with zero attached hydrogens (tertiary/aromatic N) is 1. The van der Waals surface area contributed by atoms with Crippen LogP contribution in [0.1, 0.15) is 18.5 Å². The average Bonchev–Trinajstić information content (AvgIpc) is 2.32. The Morgan fingerprint density at radius 2 is 2.00 bits per heavy atom. The molecule has 1 heterocycles. The quantitative estimate of drug-likeness (QED) is 0.873. The predicted octanol–water partition coefficient (Wildman–Crippen LogP) is 3.49. The van der Waals surface area contributed by atoms with E-state index in [-0.39, 0.29) is 6.04 Å². The molecule has 3 nitrogen and oxygen atoms in total. The van der Waals surface area contributed by atoms with Gasteiger partial charge < -0.3 is 11.1 Å². The Morgan fingerprint density at radius 3 is 2.71 bits per heavy atom. The van der Waals surface area contributed by atoms with Crippen molar-refractivity contribution in [1.29, 1.82) is 0 Å². The first-order valence-corrected chi connectivity index (χ1v) is 5.77. The standard InChI is InChI=1S/C13H14ClN3/c1-9(10-5-2-3-6-11(10)14)17-12-7-4-8-16-13(12)15/h2-9,17H,1H3,(H2,15,16). The van der Waals surface area contributed by atoms with Crippen molar-refractivity contribution in [1.82, 2.24) is 4.98 Å². The molecule has 0 aliphatic heterocycles. The molecule has 0 spiro atoms. The van der Waals surface area contributed by atoms with Crippen molar-refractivity contribution < 1.29 is 0 Å². The van der Waals surface area contributed by atoms with Crippen LogP contribution in [0, 0.1) is 0 Å². The predicted molar refractivity (Wildman–Crippen MR) is 72.1 cm³/mol. The first-order valence-electron chi connectivity index (χ1n) is 5.40. The normalized spacial score (nSPS) is 12.1. The lowest BCUT2D eigenvalue weighted by Gasteiger charge is -2.17. The molecule has 17 heavy (non-hydrogen) atoms. The van der Waals surface area contributed by atoms with Gasteiger partial charge in [0.1, 0.15) is 5.82 Å². The van der Waals surface area contributed by atoms with Gasteiger partial charge in [-0.05, 0) is 30.7 Å². The molecule has 0 saturated heterocycles. The molecule has 3 N–H and O–H groups in total. The second-order valence-electron chi connectivity index (χ2n) is 3.82. The highest BCUT2D eigenvalue weighted by atomic mass is 35.5. The zero-order valence-corrected chi connectivity index (χ0v) is 10.3. The largest absolute Gasteiger partial charge is 0.382 e. The highest BCUT2D eigenvalue weighted by Crippen LogP contribution is 2.26. The number of hydrogen-bond acceptors (Lipinski definition) is 3. The maximum atomic E-state index is 6.14. The molecule has 0 saturated carbocycles.